The lowest BCUT2D eigenvalue weighted by Crippen LogP contribution is -2.14. The van der Waals surface area contributed by atoms with Crippen LogP contribution in [0, 0.1) is 5.82 Å². The Hall–Kier alpha value is -1.72. The molecule has 1 aromatic heterocycles. The monoisotopic (exact) mass is 235 g/mol. The zero-order chi connectivity index (χ0) is 12.3. The van der Waals surface area contributed by atoms with Crippen LogP contribution in [-0.4, -0.2) is 14.9 Å². The fourth-order valence-corrected chi connectivity index (χ4v) is 1.65. The molecule has 0 saturated carbocycles. The fourth-order valence-electron chi connectivity index (χ4n) is 1.65. The van der Waals surface area contributed by atoms with Crippen molar-refractivity contribution in [1.82, 2.24) is 9.78 Å². The highest BCUT2D eigenvalue weighted by Gasteiger charge is 2.10. The first kappa shape index (κ1) is 11.8. The van der Waals surface area contributed by atoms with Crippen LogP contribution in [-0.2, 0) is 13.1 Å². The van der Waals surface area contributed by atoms with E-state index in [9.17, 15) is 9.50 Å². The molecule has 1 aromatic carbocycles. The van der Waals surface area contributed by atoms with Crippen molar-refractivity contribution in [2.75, 3.05) is 0 Å². The maximum absolute atomic E-state index is 12.7. The average molecular weight is 235 g/mol. The summed E-state index contributed by atoms with van der Waals surface area (Å²) in [5.74, 6) is -0.317. The van der Waals surface area contributed by atoms with Crippen molar-refractivity contribution in [2.45, 2.75) is 19.2 Å². The highest BCUT2D eigenvalue weighted by molar-refractivity contribution is 5.18. The molecule has 2 rings (SSSR count). The number of rotatable bonds is 4. The van der Waals surface area contributed by atoms with E-state index in [1.54, 1.807) is 29.1 Å². The van der Waals surface area contributed by atoms with E-state index in [1.165, 1.54) is 12.1 Å². The molecular weight excluding hydrogens is 221 g/mol. The van der Waals surface area contributed by atoms with Gasteiger partial charge < -0.3 is 10.8 Å². The summed E-state index contributed by atoms with van der Waals surface area (Å²) in [5, 5.41) is 14.1. The molecule has 0 aliphatic carbocycles. The topological polar surface area (TPSA) is 64.1 Å². The number of aliphatic hydroxyl groups excluding tert-OH is 1. The van der Waals surface area contributed by atoms with Crippen LogP contribution >= 0.6 is 0 Å². The first-order valence-electron chi connectivity index (χ1n) is 5.35. The maximum Gasteiger partial charge on any atom is 0.123 e. The number of aliphatic hydroxyl groups is 1. The predicted octanol–water partition coefficient (Wildman–Crippen LogP) is 1.21. The van der Waals surface area contributed by atoms with Crippen LogP contribution in [0.4, 0.5) is 4.39 Å². The van der Waals surface area contributed by atoms with Crippen LogP contribution in [0.15, 0.2) is 36.5 Å². The molecule has 17 heavy (non-hydrogen) atoms. The summed E-state index contributed by atoms with van der Waals surface area (Å²) in [6.07, 6.45) is 0.917. The molecule has 90 valence electrons. The van der Waals surface area contributed by atoms with Crippen LogP contribution < -0.4 is 5.73 Å². The third kappa shape index (κ3) is 2.69. The normalized spacial score (nSPS) is 12.6. The van der Waals surface area contributed by atoms with Crippen LogP contribution in [0.1, 0.15) is 17.4 Å². The number of halogens is 1. The number of benzene rings is 1. The van der Waals surface area contributed by atoms with Crippen LogP contribution in [0.5, 0.6) is 0 Å². The lowest BCUT2D eigenvalue weighted by molar-refractivity contribution is 0.150. The second-order valence-electron chi connectivity index (χ2n) is 3.78. The Morgan fingerprint density at radius 3 is 2.65 bits per heavy atom. The third-order valence-corrected chi connectivity index (χ3v) is 2.61. The smallest absolute Gasteiger partial charge is 0.123 e. The second-order valence-corrected chi connectivity index (χ2v) is 3.78. The highest BCUT2D eigenvalue weighted by Crippen LogP contribution is 2.16. The number of hydrogen-bond acceptors (Lipinski definition) is 3. The third-order valence-electron chi connectivity index (χ3n) is 2.61. The number of nitrogens with zero attached hydrogens (tertiary/aromatic N) is 2. The Kier molecular flexibility index (Phi) is 3.51. The molecule has 0 aliphatic rings. The van der Waals surface area contributed by atoms with Gasteiger partial charge in [-0.2, -0.15) is 5.10 Å². The molecule has 0 amide bonds. The van der Waals surface area contributed by atoms with Crippen LogP contribution in [0.3, 0.4) is 0 Å². The Labute approximate surface area is 98.5 Å². The summed E-state index contributed by atoms with van der Waals surface area (Å²) in [5.41, 5.74) is 7.05. The van der Waals surface area contributed by atoms with Crippen LogP contribution in [0.25, 0.3) is 0 Å². The standard InChI is InChI=1S/C12H14FN3O/c13-10-3-1-9(2-4-10)12(17)8-16-11(7-14)5-6-15-16/h1-6,12,17H,7-8,14H2. The van der Waals surface area contributed by atoms with Crippen molar-refractivity contribution >= 4 is 0 Å². The SMILES string of the molecule is NCc1ccnn1CC(O)c1ccc(F)cc1. The minimum absolute atomic E-state index is 0.311. The molecule has 0 spiro atoms. The number of hydrogen-bond donors (Lipinski definition) is 2. The van der Waals surface area contributed by atoms with Crippen molar-refractivity contribution < 1.29 is 9.50 Å². The summed E-state index contributed by atoms with van der Waals surface area (Å²) in [6.45, 7) is 0.682. The summed E-state index contributed by atoms with van der Waals surface area (Å²) >= 11 is 0. The largest absolute Gasteiger partial charge is 0.386 e. The van der Waals surface area contributed by atoms with Crippen molar-refractivity contribution in [3.8, 4) is 0 Å². The lowest BCUT2D eigenvalue weighted by atomic mass is 10.1. The molecule has 1 heterocycles. The van der Waals surface area contributed by atoms with Gasteiger partial charge in [-0.25, -0.2) is 4.39 Å². The molecule has 1 unspecified atom stereocenters. The minimum Gasteiger partial charge on any atom is -0.386 e. The second kappa shape index (κ2) is 5.07. The Morgan fingerprint density at radius 1 is 1.29 bits per heavy atom. The van der Waals surface area contributed by atoms with Gasteiger partial charge in [0.25, 0.3) is 0 Å². The zero-order valence-corrected chi connectivity index (χ0v) is 9.25. The molecule has 0 fully saturated rings. The van der Waals surface area contributed by atoms with Crippen LogP contribution in [0.2, 0.25) is 0 Å². The Bertz CT molecular complexity index is 481. The molecule has 0 radical (unpaired) electrons. The summed E-state index contributed by atoms with van der Waals surface area (Å²) in [4.78, 5) is 0. The maximum atomic E-state index is 12.7. The Balaban J connectivity index is 2.11. The van der Waals surface area contributed by atoms with Gasteiger partial charge in [-0.05, 0) is 23.8 Å². The summed E-state index contributed by atoms with van der Waals surface area (Å²) in [6, 6.07) is 7.57. The van der Waals surface area contributed by atoms with Gasteiger partial charge >= 0.3 is 0 Å². The Morgan fingerprint density at radius 2 is 2.00 bits per heavy atom. The van der Waals surface area contributed by atoms with Gasteiger partial charge in [-0.1, -0.05) is 12.1 Å². The van der Waals surface area contributed by atoms with Crippen molar-refractivity contribution in [3.05, 3.63) is 53.6 Å². The molecule has 5 heteroatoms. The summed E-state index contributed by atoms with van der Waals surface area (Å²) < 4.78 is 14.4. The van der Waals surface area contributed by atoms with E-state index >= 15 is 0 Å². The van der Waals surface area contributed by atoms with E-state index in [4.69, 9.17) is 5.73 Å². The van der Waals surface area contributed by atoms with Crippen molar-refractivity contribution in [3.63, 3.8) is 0 Å². The van der Waals surface area contributed by atoms with E-state index in [0.717, 1.165) is 5.69 Å². The number of aromatic nitrogens is 2. The lowest BCUT2D eigenvalue weighted by Gasteiger charge is -2.13. The predicted molar refractivity (Wildman–Crippen MR) is 61.5 cm³/mol. The van der Waals surface area contributed by atoms with E-state index in [0.29, 0.717) is 18.7 Å². The van der Waals surface area contributed by atoms with Crippen molar-refractivity contribution in [1.29, 1.82) is 0 Å². The van der Waals surface area contributed by atoms with Gasteiger partial charge in [0.05, 0.1) is 18.3 Å². The van der Waals surface area contributed by atoms with E-state index in [1.807, 2.05) is 0 Å². The van der Waals surface area contributed by atoms with Gasteiger partial charge in [0.15, 0.2) is 0 Å². The van der Waals surface area contributed by atoms with Gasteiger partial charge in [-0.15, -0.1) is 0 Å². The average Bonchev–Trinajstić information content (AvgIpc) is 2.77. The quantitative estimate of drug-likeness (QED) is 0.837. The van der Waals surface area contributed by atoms with Gasteiger partial charge in [0, 0.05) is 12.7 Å². The molecule has 0 saturated heterocycles. The molecule has 0 aliphatic heterocycles. The molecule has 1 atom stereocenters. The highest BCUT2D eigenvalue weighted by atomic mass is 19.1. The van der Waals surface area contributed by atoms with E-state index in [2.05, 4.69) is 5.10 Å². The van der Waals surface area contributed by atoms with Gasteiger partial charge in [-0.3, -0.25) is 4.68 Å². The van der Waals surface area contributed by atoms with E-state index < -0.39 is 6.10 Å². The molecular formula is C12H14FN3O. The molecule has 4 nitrogen and oxygen atoms in total. The first-order valence-corrected chi connectivity index (χ1v) is 5.35. The summed E-state index contributed by atoms with van der Waals surface area (Å²) in [7, 11) is 0. The fraction of sp³-hybridized carbons (Fsp3) is 0.250. The van der Waals surface area contributed by atoms with Gasteiger partial charge in [0.2, 0.25) is 0 Å². The molecule has 0 bridgehead atoms. The minimum atomic E-state index is -0.721. The number of nitrogens with two attached hydrogens (primary N) is 1. The first-order chi connectivity index (χ1) is 8.20. The zero-order valence-electron chi connectivity index (χ0n) is 9.25. The van der Waals surface area contributed by atoms with E-state index in [-0.39, 0.29) is 5.82 Å². The molecule has 2 aromatic rings. The van der Waals surface area contributed by atoms with Crippen molar-refractivity contribution in [2.24, 2.45) is 5.73 Å². The molecule has 3 N–H and O–H groups in total. The van der Waals surface area contributed by atoms with Gasteiger partial charge in [0.1, 0.15) is 5.82 Å².